The molecule has 0 heterocycles. The molecule has 0 aliphatic carbocycles. The van der Waals surface area contributed by atoms with Crippen molar-refractivity contribution in [2.45, 2.75) is 0 Å². The van der Waals surface area contributed by atoms with Gasteiger partial charge in [0.05, 0.1) is 0 Å². The summed E-state index contributed by atoms with van der Waals surface area (Å²) in [5.74, 6) is 0. The van der Waals surface area contributed by atoms with E-state index in [4.69, 9.17) is 19.4 Å². The van der Waals surface area contributed by atoms with E-state index in [1.807, 2.05) is 60.7 Å². The third-order valence-corrected chi connectivity index (χ3v) is 1.11. The van der Waals surface area contributed by atoms with Crippen LogP contribution in [0.5, 0.6) is 0 Å². The van der Waals surface area contributed by atoms with Crippen LogP contribution in [0.3, 0.4) is 0 Å². The molecular formula is C10H10Cl2Rh-2. The molecule has 0 aromatic heterocycles. The normalized spacial score (nSPS) is 7.85. The molecule has 2 rings (SSSR count). The zero-order valence-electron chi connectivity index (χ0n) is 6.86. The van der Waals surface area contributed by atoms with Gasteiger partial charge >= 0.3 is 34.5 Å². The van der Waals surface area contributed by atoms with Gasteiger partial charge < -0.3 is 0 Å². The first-order valence-electron chi connectivity index (χ1n) is 3.59. The molecule has 0 atom stereocenters. The van der Waals surface area contributed by atoms with Crippen LogP contribution in [0.2, 0.25) is 0 Å². The van der Waals surface area contributed by atoms with Crippen molar-refractivity contribution in [3.8, 4) is 0 Å². The van der Waals surface area contributed by atoms with Crippen LogP contribution in [0.1, 0.15) is 0 Å². The van der Waals surface area contributed by atoms with Gasteiger partial charge in [0.15, 0.2) is 0 Å². The average molecular weight is 304 g/mol. The fourth-order valence-corrected chi connectivity index (χ4v) is 0.642. The van der Waals surface area contributed by atoms with Crippen LogP contribution in [-0.2, 0) is 15.1 Å². The minimum atomic E-state index is -0.226. The molecule has 0 saturated heterocycles. The summed E-state index contributed by atoms with van der Waals surface area (Å²) in [6.07, 6.45) is 0. The van der Waals surface area contributed by atoms with Gasteiger partial charge in [-0.3, -0.25) is 0 Å². The Kier molecular flexibility index (Phi) is 11.8. The Balaban J connectivity index is 0.000000174. The van der Waals surface area contributed by atoms with E-state index in [-0.39, 0.29) is 15.1 Å². The largest absolute Gasteiger partial charge is 0.214 e. The number of hydrogen-bond donors (Lipinski definition) is 0. The molecule has 0 fully saturated rings. The maximum Gasteiger partial charge on any atom is -0.172 e. The maximum atomic E-state index is 4.83. The molecule has 0 aliphatic rings. The fourth-order valence-electron chi connectivity index (χ4n) is 0.642. The standard InChI is InChI=1S/2C5H5.2ClH.Rh/c2*1-2-4-5-3-1;;;/h2*1-5H;2*1H;/q2*-1;;;+2/p-2. The van der Waals surface area contributed by atoms with Gasteiger partial charge in [0.2, 0.25) is 0 Å². The van der Waals surface area contributed by atoms with Crippen LogP contribution in [-0.4, -0.2) is 0 Å². The molecule has 0 radical (unpaired) electrons. The zero-order valence-corrected chi connectivity index (χ0v) is 10.0. The molecule has 0 nitrogen and oxygen atoms in total. The molecule has 0 unspecified atom stereocenters. The van der Waals surface area contributed by atoms with Crippen molar-refractivity contribution < 1.29 is 15.1 Å². The molecule has 0 amide bonds. The molecule has 0 bridgehead atoms. The Hall–Kier alpha value is -0.0966. The topological polar surface area (TPSA) is 0 Å². The van der Waals surface area contributed by atoms with Crippen molar-refractivity contribution in [1.82, 2.24) is 0 Å². The minimum Gasteiger partial charge on any atom is -0.214 e. The van der Waals surface area contributed by atoms with Crippen molar-refractivity contribution in [2.75, 3.05) is 0 Å². The number of hydrogen-bond acceptors (Lipinski definition) is 0. The van der Waals surface area contributed by atoms with Crippen LogP contribution < -0.4 is 0 Å². The molecule has 2 aromatic rings. The second kappa shape index (κ2) is 11.9. The Bertz CT molecular complexity index is 165. The fraction of sp³-hybridized carbons (Fsp3) is 0. The van der Waals surface area contributed by atoms with Gasteiger partial charge in [0.25, 0.3) is 0 Å². The van der Waals surface area contributed by atoms with Crippen molar-refractivity contribution >= 4 is 19.4 Å². The van der Waals surface area contributed by atoms with Gasteiger partial charge in [-0.05, 0) is 0 Å². The first-order valence-corrected chi connectivity index (χ1v) is 7.81. The third-order valence-electron chi connectivity index (χ3n) is 1.11. The van der Waals surface area contributed by atoms with Crippen LogP contribution >= 0.6 is 19.4 Å². The smallest absolute Gasteiger partial charge is 0.172 e. The summed E-state index contributed by atoms with van der Waals surface area (Å²) in [5.41, 5.74) is 0. The number of rotatable bonds is 0. The maximum absolute atomic E-state index is 4.83. The molecule has 2 aromatic carbocycles. The van der Waals surface area contributed by atoms with Gasteiger partial charge in [-0.2, -0.15) is 36.4 Å². The molecule has 75 valence electrons. The van der Waals surface area contributed by atoms with Crippen molar-refractivity contribution in [3.63, 3.8) is 0 Å². The number of halogens is 2. The summed E-state index contributed by atoms with van der Waals surface area (Å²) < 4.78 is 0. The molecule has 0 spiro atoms. The Labute approximate surface area is 94.9 Å². The van der Waals surface area contributed by atoms with Gasteiger partial charge in [0, 0.05) is 0 Å². The molecule has 0 N–H and O–H groups in total. The Morgan fingerprint density at radius 3 is 1.00 bits per heavy atom. The molecule has 13 heavy (non-hydrogen) atoms. The van der Waals surface area contributed by atoms with Crippen molar-refractivity contribution in [1.29, 1.82) is 0 Å². The summed E-state index contributed by atoms with van der Waals surface area (Å²) in [5, 5.41) is 0. The Morgan fingerprint density at radius 2 is 0.923 bits per heavy atom. The second-order valence-corrected chi connectivity index (χ2v) is 4.46. The monoisotopic (exact) mass is 303 g/mol. The average Bonchev–Trinajstić information content (AvgIpc) is 2.85. The first-order chi connectivity index (χ1) is 6.41. The predicted molar refractivity (Wildman–Crippen MR) is 55.8 cm³/mol. The quantitative estimate of drug-likeness (QED) is 0.506. The summed E-state index contributed by atoms with van der Waals surface area (Å²) in [7, 11) is 9.67. The van der Waals surface area contributed by atoms with Gasteiger partial charge in [-0.25, -0.2) is 24.3 Å². The van der Waals surface area contributed by atoms with Gasteiger partial charge in [-0.1, -0.05) is 0 Å². The van der Waals surface area contributed by atoms with Crippen molar-refractivity contribution in [2.24, 2.45) is 0 Å². The predicted octanol–water partition coefficient (Wildman–Crippen LogP) is 4.19. The second-order valence-electron chi connectivity index (χ2n) is 1.97. The molecule has 3 heteroatoms. The third kappa shape index (κ3) is 11.9. The minimum absolute atomic E-state index is 0.226. The summed E-state index contributed by atoms with van der Waals surface area (Å²) in [6.45, 7) is 0. The molecular weight excluding hydrogens is 294 g/mol. The van der Waals surface area contributed by atoms with Gasteiger partial charge in [0.1, 0.15) is 0 Å². The van der Waals surface area contributed by atoms with Crippen molar-refractivity contribution in [3.05, 3.63) is 60.7 Å². The molecule has 0 saturated carbocycles. The van der Waals surface area contributed by atoms with E-state index in [2.05, 4.69) is 0 Å². The summed E-state index contributed by atoms with van der Waals surface area (Å²) in [6, 6.07) is 20.0. The van der Waals surface area contributed by atoms with Crippen LogP contribution in [0.25, 0.3) is 0 Å². The van der Waals surface area contributed by atoms with E-state index in [0.29, 0.717) is 0 Å². The van der Waals surface area contributed by atoms with Crippen LogP contribution in [0.4, 0.5) is 0 Å². The van der Waals surface area contributed by atoms with Crippen LogP contribution in [0, 0.1) is 0 Å². The summed E-state index contributed by atoms with van der Waals surface area (Å²) >= 11 is -0.226. The van der Waals surface area contributed by atoms with E-state index < -0.39 is 0 Å². The van der Waals surface area contributed by atoms with E-state index in [0.717, 1.165) is 0 Å². The molecule has 0 aliphatic heterocycles. The first kappa shape index (κ1) is 12.9. The van der Waals surface area contributed by atoms with E-state index in [1.165, 1.54) is 0 Å². The van der Waals surface area contributed by atoms with E-state index in [1.54, 1.807) is 0 Å². The van der Waals surface area contributed by atoms with Crippen LogP contribution in [0.15, 0.2) is 60.7 Å². The van der Waals surface area contributed by atoms with Gasteiger partial charge in [-0.15, -0.1) is 0 Å². The van der Waals surface area contributed by atoms with E-state index >= 15 is 0 Å². The van der Waals surface area contributed by atoms with E-state index in [9.17, 15) is 0 Å². The SMILES string of the molecule is [Cl][Rh][Cl].c1cc[cH-]c1.c1cc[cH-]c1. The zero-order chi connectivity index (χ0) is 9.78. The summed E-state index contributed by atoms with van der Waals surface area (Å²) in [4.78, 5) is 0. The Morgan fingerprint density at radius 1 is 0.692 bits per heavy atom.